The fourth-order valence-electron chi connectivity index (χ4n) is 4.42. The molecule has 37 heavy (non-hydrogen) atoms. The minimum atomic E-state index is -1.60. The van der Waals surface area contributed by atoms with Crippen LogP contribution in [0.1, 0.15) is 0 Å². The lowest BCUT2D eigenvalue weighted by atomic mass is 10.1. The summed E-state index contributed by atoms with van der Waals surface area (Å²) in [6.07, 6.45) is -21.9. The van der Waals surface area contributed by atoms with Crippen LogP contribution in [0.15, 0.2) is 0 Å². The molecule has 4 rings (SSSR count). The molecule has 0 bridgehead atoms. The quantitative estimate of drug-likeness (QED) is 0.122. The second-order valence-electron chi connectivity index (χ2n) is 9.30. The SMILES string of the molecule is OC[C@H]1O[C@H](OC[C@H]2O[C@H](OC[C@H]3O[C@H](OC[C@H]4OC(O)[C@@H](O)[C@@H]4O)[C@@H](O)[C@@H]3O)[C@@H](O)[C@@H]2O)[C@@H](O)[C@@H]1O. The Morgan fingerprint density at radius 2 is 0.730 bits per heavy atom. The maximum atomic E-state index is 10.2. The molecule has 0 aromatic carbocycles. The smallest absolute Gasteiger partial charge is 0.186 e. The number of ether oxygens (including phenoxy) is 7. The van der Waals surface area contributed by atoms with Crippen molar-refractivity contribution < 1.29 is 84.2 Å². The summed E-state index contributed by atoms with van der Waals surface area (Å²) in [5.74, 6) is 0. The van der Waals surface area contributed by atoms with Gasteiger partial charge in [0.25, 0.3) is 0 Å². The molecule has 0 amide bonds. The lowest BCUT2D eigenvalue weighted by Gasteiger charge is -2.21. The fourth-order valence-corrected chi connectivity index (χ4v) is 4.42. The van der Waals surface area contributed by atoms with E-state index in [0.717, 1.165) is 0 Å². The van der Waals surface area contributed by atoms with E-state index in [-0.39, 0.29) is 13.2 Å². The lowest BCUT2D eigenvalue weighted by Crippen LogP contribution is -2.39. The van der Waals surface area contributed by atoms with Gasteiger partial charge in [-0.15, -0.1) is 0 Å². The highest BCUT2D eigenvalue weighted by atomic mass is 16.8. The van der Waals surface area contributed by atoms with Gasteiger partial charge in [0, 0.05) is 0 Å². The zero-order valence-electron chi connectivity index (χ0n) is 19.4. The molecule has 4 aliphatic heterocycles. The normalized spacial score (nSPS) is 52.4. The van der Waals surface area contributed by atoms with E-state index >= 15 is 0 Å². The van der Waals surface area contributed by atoms with Crippen LogP contribution < -0.4 is 0 Å². The second-order valence-corrected chi connectivity index (χ2v) is 9.30. The van der Waals surface area contributed by atoms with Crippen molar-refractivity contribution in [1.82, 2.24) is 0 Å². The van der Waals surface area contributed by atoms with Crippen molar-refractivity contribution in [2.24, 2.45) is 0 Å². The molecule has 4 aliphatic rings. The monoisotopic (exact) mass is 546 g/mol. The van der Waals surface area contributed by atoms with Crippen LogP contribution in [0, 0.1) is 0 Å². The summed E-state index contributed by atoms with van der Waals surface area (Å²) in [6.45, 7) is -1.71. The Morgan fingerprint density at radius 3 is 1.05 bits per heavy atom. The Balaban J connectivity index is 1.21. The maximum absolute atomic E-state index is 10.2. The van der Waals surface area contributed by atoms with E-state index < -0.39 is 112 Å². The summed E-state index contributed by atoms with van der Waals surface area (Å²) < 4.78 is 37.0. The number of hydrogen-bond acceptors (Lipinski definition) is 17. The second kappa shape index (κ2) is 12.2. The number of aliphatic hydroxyl groups is 10. The van der Waals surface area contributed by atoms with Crippen LogP contribution in [0.3, 0.4) is 0 Å². The van der Waals surface area contributed by atoms with Crippen LogP contribution in [0.25, 0.3) is 0 Å². The predicted molar refractivity (Wildman–Crippen MR) is 110 cm³/mol. The highest BCUT2D eigenvalue weighted by Gasteiger charge is 2.49. The Morgan fingerprint density at radius 1 is 0.405 bits per heavy atom. The molecule has 0 aromatic rings. The van der Waals surface area contributed by atoms with Gasteiger partial charge >= 0.3 is 0 Å². The molecule has 10 N–H and O–H groups in total. The van der Waals surface area contributed by atoms with Crippen LogP contribution in [-0.2, 0) is 33.2 Å². The summed E-state index contributed by atoms with van der Waals surface area (Å²) in [5.41, 5.74) is 0. The summed E-state index contributed by atoms with van der Waals surface area (Å²) in [5, 5.41) is 98.4. The van der Waals surface area contributed by atoms with Crippen molar-refractivity contribution in [2.45, 2.75) is 98.4 Å². The summed E-state index contributed by atoms with van der Waals surface area (Å²) in [4.78, 5) is 0. The summed E-state index contributed by atoms with van der Waals surface area (Å²) in [7, 11) is 0. The van der Waals surface area contributed by atoms with E-state index in [1.165, 1.54) is 0 Å². The van der Waals surface area contributed by atoms with Crippen molar-refractivity contribution in [1.29, 1.82) is 0 Å². The number of hydrogen-bond donors (Lipinski definition) is 10. The molecule has 0 saturated carbocycles. The first kappa shape index (κ1) is 29.3. The third kappa shape index (κ3) is 6.08. The summed E-state index contributed by atoms with van der Waals surface area (Å²) >= 11 is 0. The molecule has 0 aromatic heterocycles. The Labute approximate surface area is 209 Å². The third-order valence-corrected chi connectivity index (χ3v) is 6.75. The van der Waals surface area contributed by atoms with Crippen molar-refractivity contribution in [3.05, 3.63) is 0 Å². The van der Waals surface area contributed by atoms with Gasteiger partial charge in [0.2, 0.25) is 0 Å². The van der Waals surface area contributed by atoms with Crippen molar-refractivity contribution in [3.63, 3.8) is 0 Å². The molecule has 0 radical (unpaired) electrons. The molecule has 4 fully saturated rings. The van der Waals surface area contributed by atoms with Crippen LogP contribution in [0.5, 0.6) is 0 Å². The van der Waals surface area contributed by atoms with Crippen LogP contribution in [-0.4, -0.2) is 176 Å². The first-order chi connectivity index (χ1) is 17.5. The third-order valence-electron chi connectivity index (χ3n) is 6.75. The van der Waals surface area contributed by atoms with Crippen molar-refractivity contribution in [3.8, 4) is 0 Å². The minimum Gasteiger partial charge on any atom is -0.394 e. The highest BCUT2D eigenvalue weighted by molar-refractivity contribution is 4.92. The molecule has 17 nitrogen and oxygen atoms in total. The van der Waals surface area contributed by atoms with Gasteiger partial charge in [-0.2, -0.15) is 0 Å². The molecule has 216 valence electrons. The van der Waals surface area contributed by atoms with E-state index in [1.54, 1.807) is 0 Å². The molecule has 17 heteroatoms. The predicted octanol–water partition coefficient (Wildman–Crippen LogP) is -7.19. The van der Waals surface area contributed by atoms with E-state index in [1.807, 2.05) is 0 Å². The maximum Gasteiger partial charge on any atom is 0.186 e. The van der Waals surface area contributed by atoms with Gasteiger partial charge in [-0.05, 0) is 0 Å². The topological polar surface area (TPSA) is 267 Å². The summed E-state index contributed by atoms with van der Waals surface area (Å²) in [6, 6.07) is 0. The average Bonchev–Trinajstić information content (AvgIpc) is 3.51. The van der Waals surface area contributed by atoms with Crippen LogP contribution in [0.4, 0.5) is 0 Å². The molecule has 0 spiro atoms. The fraction of sp³-hybridized carbons (Fsp3) is 1.00. The standard InChI is InChI=1S/C20H34O17/c21-1-5-9(22)14(27)18(35-5)32-3-7-11(24)16(29)20(37-7)33-4-8-12(25)15(28)19(36-8)31-2-6-10(23)13(26)17(30)34-6/h5-30H,1-4H2/t5-,6-,7-,8-,9-,10-,11-,12-,13+,14+,15+,16+,17?,18+,19+,20+/m1/s1. The van der Waals surface area contributed by atoms with Crippen molar-refractivity contribution >= 4 is 0 Å². The number of rotatable bonds is 10. The molecule has 4 heterocycles. The molecular formula is C20H34O17. The van der Waals surface area contributed by atoms with Crippen LogP contribution >= 0.6 is 0 Å². The molecule has 0 aliphatic carbocycles. The van der Waals surface area contributed by atoms with Gasteiger partial charge in [-0.3, -0.25) is 0 Å². The molecular weight excluding hydrogens is 512 g/mol. The van der Waals surface area contributed by atoms with E-state index in [0.29, 0.717) is 0 Å². The van der Waals surface area contributed by atoms with Crippen molar-refractivity contribution in [2.75, 3.05) is 26.4 Å². The van der Waals surface area contributed by atoms with Crippen LogP contribution in [0.2, 0.25) is 0 Å². The van der Waals surface area contributed by atoms with Gasteiger partial charge in [0.1, 0.15) is 73.2 Å². The molecule has 16 atom stereocenters. The van der Waals surface area contributed by atoms with Gasteiger partial charge < -0.3 is 84.2 Å². The first-order valence-electron chi connectivity index (χ1n) is 11.7. The largest absolute Gasteiger partial charge is 0.394 e. The lowest BCUT2D eigenvalue weighted by molar-refractivity contribution is -0.223. The highest BCUT2D eigenvalue weighted by Crippen LogP contribution is 2.29. The molecule has 4 saturated heterocycles. The number of aliphatic hydroxyl groups excluding tert-OH is 10. The van der Waals surface area contributed by atoms with E-state index in [2.05, 4.69) is 0 Å². The zero-order valence-corrected chi connectivity index (χ0v) is 19.4. The van der Waals surface area contributed by atoms with Gasteiger partial charge in [-0.1, -0.05) is 0 Å². The van der Waals surface area contributed by atoms with E-state index in [4.69, 9.17) is 38.3 Å². The first-order valence-corrected chi connectivity index (χ1v) is 11.7. The zero-order chi connectivity index (χ0) is 27.0. The van der Waals surface area contributed by atoms with Gasteiger partial charge in [0.05, 0.1) is 26.4 Å². The molecule has 1 unspecified atom stereocenters. The van der Waals surface area contributed by atoms with Gasteiger partial charge in [0.15, 0.2) is 25.2 Å². The Bertz CT molecular complexity index is 731. The Hall–Kier alpha value is -0.680. The Kier molecular flexibility index (Phi) is 9.69. The average molecular weight is 546 g/mol. The minimum absolute atomic E-state index is 0.375. The van der Waals surface area contributed by atoms with Gasteiger partial charge in [-0.25, -0.2) is 0 Å². The van der Waals surface area contributed by atoms with E-state index in [9.17, 15) is 46.0 Å².